The van der Waals surface area contributed by atoms with Crippen LogP contribution in [-0.2, 0) is 6.54 Å². The molecule has 0 saturated heterocycles. The van der Waals surface area contributed by atoms with Crippen molar-refractivity contribution in [3.63, 3.8) is 0 Å². The lowest BCUT2D eigenvalue weighted by molar-refractivity contribution is 0.412. The first-order chi connectivity index (χ1) is 7.86. The van der Waals surface area contributed by atoms with Gasteiger partial charge in [0.1, 0.15) is 12.0 Å². The fourth-order valence-corrected chi connectivity index (χ4v) is 1.40. The molecule has 1 heterocycles. The number of thioether (sulfide) groups is 1. The summed E-state index contributed by atoms with van der Waals surface area (Å²) in [6.45, 7) is 4.34. The van der Waals surface area contributed by atoms with Crippen molar-refractivity contribution in [2.75, 3.05) is 25.1 Å². The molecule has 0 radical (unpaired) electrons. The molecule has 0 atom stereocenters. The van der Waals surface area contributed by atoms with Crippen molar-refractivity contribution in [3.8, 4) is 0 Å². The lowest BCUT2D eigenvalue weighted by atomic mass is 10.4. The number of nitrogens with zero attached hydrogens (tertiary/aromatic N) is 2. The van der Waals surface area contributed by atoms with E-state index in [-0.39, 0.29) is 24.0 Å². The molecule has 0 aliphatic rings. The molecule has 0 saturated carbocycles. The molecule has 0 unspecified atom stereocenters. The second-order valence-electron chi connectivity index (χ2n) is 3.11. The fraction of sp³-hybridized carbons (Fsp3) is 0.600. The summed E-state index contributed by atoms with van der Waals surface area (Å²) in [5.41, 5.74) is 0.835. The van der Waals surface area contributed by atoms with Crippen molar-refractivity contribution in [2.24, 2.45) is 4.99 Å². The third-order valence-electron chi connectivity index (χ3n) is 1.83. The van der Waals surface area contributed by atoms with Crippen molar-refractivity contribution in [2.45, 2.75) is 13.5 Å². The maximum atomic E-state index is 4.74. The molecule has 0 aromatic carbocycles. The molecule has 0 spiro atoms. The van der Waals surface area contributed by atoms with Crippen molar-refractivity contribution < 1.29 is 4.52 Å². The summed E-state index contributed by atoms with van der Waals surface area (Å²) in [5.74, 6) is 1.88. The Morgan fingerprint density at radius 3 is 2.94 bits per heavy atom. The number of hydrogen-bond acceptors (Lipinski definition) is 4. The molecular weight excluding hydrogens is 351 g/mol. The maximum Gasteiger partial charge on any atom is 0.191 e. The third kappa shape index (κ3) is 7.48. The highest BCUT2D eigenvalue weighted by molar-refractivity contribution is 14.0. The molecule has 1 aromatic rings. The Bertz CT molecular complexity index is 305. The fourth-order valence-electron chi connectivity index (χ4n) is 1.09. The van der Waals surface area contributed by atoms with E-state index in [0.717, 1.165) is 30.5 Å². The molecule has 0 aliphatic carbocycles. The number of nitrogens with one attached hydrogen (secondary N) is 2. The Kier molecular flexibility index (Phi) is 10.4. The molecule has 0 aliphatic heterocycles. The van der Waals surface area contributed by atoms with Gasteiger partial charge in [0.2, 0.25) is 0 Å². The maximum absolute atomic E-state index is 4.74. The Morgan fingerprint density at radius 1 is 1.53 bits per heavy atom. The molecule has 0 amide bonds. The van der Waals surface area contributed by atoms with Gasteiger partial charge in [-0.15, -0.1) is 24.0 Å². The predicted octanol–water partition coefficient (Wildman–Crippen LogP) is 1.71. The number of rotatable bonds is 6. The van der Waals surface area contributed by atoms with E-state index in [0.29, 0.717) is 6.54 Å². The Labute approximate surface area is 123 Å². The van der Waals surface area contributed by atoms with Crippen LogP contribution in [-0.4, -0.2) is 36.2 Å². The first-order valence-electron chi connectivity index (χ1n) is 5.27. The van der Waals surface area contributed by atoms with Crippen molar-refractivity contribution in [1.82, 2.24) is 15.8 Å². The highest BCUT2D eigenvalue weighted by atomic mass is 127. The van der Waals surface area contributed by atoms with Crippen LogP contribution in [0.4, 0.5) is 0 Å². The van der Waals surface area contributed by atoms with Gasteiger partial charge in [-0.2, -0.15) is 11.8 Å². The monoisotopic (exact) mass is 370 g/mol. The number of hydrogen-bond donors (Lipinski definition) is 2. The number of halogens is 1. The number of guanidine groups is 1. The molecule has 98 valence electrons. The van der Waals surface area contributed by atoms with Gasteiger partial charge in [0.25, 0.3) is 0 Å². The van der Waals surface area contributed by atoms with E-state index in [1.807, 2.05) is 13.0 Å². The first kappa shape index (κ1) is 16.6. The van der Waals surface area contributed by atoms with Crippen LogP contribution in [0.5, 0.6) is 0 Å². The van der Waals surface area contributed by atoms with Crippen molar-refractivity contribution in [1.29, 1.82) is 0 Å². The molecule has 1 aromatic heterocycles. The van der Waals surface area contributed by atoms with Crippen LogP contribution in [0.1, 0.15) is 12.6 Å². The van der Waals surface area contributed by atoms with E-state index >= 15 is 0 Å². The second-order valence-corrected chi connectivity index (χ2v) is 4.09. The number of aromatic nitrogens is 1. The average molecular weight is 370 g/mol. The van der Waals surface area contributed by atoms with E-state index in [2.05, 4.69) is 27.0 Å². The summed E-state index contributed by atoms with van der Waals surface area (Å²) >= 11 is 1.80. The Hall–Kier alpha value is -0.440. The Balaban J connectivity index is 0.00000256. The van der Waals surface area contributed by atoms with Crippen LogP contribution in [0.15, 0.2) is 21.8 Å². The van der Waals surface area contributed by atoms with E-state index < -0.39 is 0 Å². The highest BCUT2D eigenvalue weighted by Gasteiger charge is 1.98. The lowest BCUT2D eigenvalue weighted by Gasteiger charge is -2.09. The summed E-state index contributed by atoms with van der Waals surface area (Å²) < 4.78 is 4.74. The van der Waals surface area contributed by atoms with E-state index in [1.54, 1.807) is 18.0 Å². The second kappa shape index (κ2) is 10.7. The van der Waals surface area contributed by atoms with Gasteiger partial charge >= 0.3 is 0 Å². The van der Waals surface area contributed by atoms with Gasteiger partial charge in [-0.1, -0.05) is 5.16 Å². The molecule has 2 N–H and O–H groups in total. The molecule has 7 heteroatoms. The van der Waals surface area contributed by atoms with E-state index in [9.17, 15) is 0 Å². The molecule has 0 bridgehead atoms. The topological polar surface area (TPSA) is 62.5 Å². The zero-order valence-electron chi connectivity index (χ0n) is 10.1. The summed E-state index contributed by atoms with van der Waals surface area (Å²) in [6.07, 6.45) is 3.64. The third-order valence-corrected chi connectivity index (χ3v) is 2.45. The summed E-state index contributed by atoms with van der Waals surface area (Å²) in [4.78, 5) is 4.39. The minimum absolute atomic E-state index is 0. The average Bonchev–Trinajstić information content (AvgIpc) is 2.79. The minimum atomic E-state index is 0. The smallest absolute Gasteiger partial charge is 0.191 e. The normalized spacial score (nSPS) is 10.8. The summed E-state index contributed by atoms with van der Waals surface area (Å²) in [5, 5.41) is 10.2. The highest BCUT2D eigenvalue weighted by Crippen LogP contribution is 1.96. The van der Waals surface area contributed by atoms with Gasteiger partial charge in [-0.05, 0) is 13.2 Å². The zero-order chi connectivity index (χ0) is 11.6. The van der Waals surface area contributed by atoms with Gasteiger partial charge < -0.3 is 15.2 Å². The largest absolute Gasteiger partial charge is 0.364 e. The van der Waals surface area contributed by atoms with E-state index in [1.165, 1.54) is 0 Å². The standard InChI is InChI=1S/C10H18N4OS.HI/c1-3-11-10(12-5-7-16-2)13-8-9-4-6-15-14-9;/h4,6H,3,5,7-8H2,1-2H3,(H2,11,12,13);1H. The van der Waals surface area contributed by atoms with Gasteiger partial charge in [0.15, 0.2) is 5.96 Å². The SMILES string of the molecule is CCNC(=NCc1ccon1)NCCSC.I. The molecule has 0 fully saturated rings. The van der Waals surface area contributed by atoms with Crippen LogP contribution in [0, 0.1) is 0 Å². The van der Waals surface area contributed by atoms with E-state index in [4.69, 9.17) is 4.52 Å². The summed E-state index contributed by atoms with van der Waals surface area (Å²) in [7, 11) is 0. The van der Waals surface area contributed by atoms with Crippen LogP contribution < -0.4 is 10.6 Å². The van der Waals surface area contributed by atoms with Crippen LogP contribution >= 0.6 is 35.7 Å². The molecular formula is C10H19IN4OS. The molecule has 1 rings (SSSR count). The zero-order valence-corrected chi connectivity index (χ0v) is 13.2. The Morgan fingerprint density at radius 2 is 2.35 bits per heavy atom. The summed E-state index contributed by atoms with van der Waals surface area (Å²) in [6, 6.07) is 1.81. The van der Waals surface area contributed by atoms with Gasteiger partial charge in [0.05, 0.1) is 6.54 Å². The predicted molar refractivity (Wildman–Crippen MR) is 83.1 cm³/mol. The van der Waals surface area contributed by atoms with Crippen molar-refractivity contribution >= 4 is 41.7 Å². The van der Waals surface area contributed by atoms with Gasteiger partial charge in [-0.3, -0.25) is 0 Å². The quantitative estimate of drug-likeness (QED) is 0.346. The first-order valence-corrected chi connectivity index (χ1v) is 6.66. The van der Waals surface area contributed by atoms with Crippen LogP contribution in [0.2, 0.25) is 0 Å². The van der Waals surface area contributed by atoms with Gasteiger partial charge in [-0.25, -0.2) is 4.99 Å². The molecule has 17 heavy (non-hydrogen) atoms. The molecule has 5 nitrogen and oxygen atoms in total. The van der Waals surface area contributed by atoms with Crippen LogP contribution in [0.25, 0.3) is 0 Å². The minimum Gasteiger partial charge on any atom is -0.364 e. The van der Waals surface area contributed by atoms with Crippen molar-refractivity contribution in [3.05, 3.63) is 18.0 Å². The van der Waals surface area contributed by atoms with Crippen LogP contribution in [0.3, 0.4) is 0 Å². The number of aliphatic imine (C=N–C) groups is 1. The lowest BCUT2D eigenvalue weighted by Crippen LogP contribution is -2.38. The van der Waals surface area contributed by atoms with Gasteiger partial charge in [0, 0.05) is 24.9 Å².